The minimum Gasteiger partial charge on any atom is -0.493 e. The molecule has 4 heterocycles. The van der Waals surface area contributed by atoms with E-state index in [9.17, 15) is 19.2 Å². The third-order valence-corrected chi connectivity index (χ3v) is 8.13. The molecule has 1 atom stereocenters. The van der Waals surface area contributed by atoms with Gasteiger partial charge < -0.3 is 29.7 Å². The number of Topliss-reactive ketones (excluding diaryl/α,β-unsaturated/α-hetero) is 1. The summed E-state index contributed by atoms with van der Waals surface area (Å²) in [6.07, 6.45) is 0.857. The topological polar surface area (TPSA) is 141 Å². The summed E-state index contributed by atoms with van der Waals surface area (Å²) in [4.78, 5) is 52.4. The second-order valence-corrected chi connectivity index (χ2v) is 11.3. The van der Waals surface area contributed by atoms with Gasteiger partial charge in [-0.2, -0.15) is 5.10 Å². The summed E-state index contributed by atoms with van der Waals surface area (Å²) in [5, 5.41) is 10.2. The van der Waals surface area contributed by atoms with Crippen LogP contribution in [0.25, 0.3) is 0 Å². The molecular formula is C33H39N5O7. The maximum atomic E-state index is 13.4. The number of hydrogen-bond donors (Lipinski definition) is 2. The van der Waals surface area contributed by atoms with Gasteiger partial charge in [-0.15, -0.1) is 0 Å². The number of amides is 3. The predicted octanol–water partition coefficient (Wildman–Crippen LogP) is 3.38. The van der Waals surface area contributed by atoms with Crippen molar-refractivity contribution in [2.75, 3.05) is 45.3 Å². The zero-order valence-corrected chi connectivity index (χ0v) is 26.1. The number of fused-ring (bicyclic) bond motifs is 11. The molecule has 12 heteroatoms. The van der Waals surface area contributed by atoms with Gasteiger partial charge in [-0.1, -0.05) is 12.1 Å². The number of anilines is 1. The van der Waals surface area contributed by atoms with Crippen LogP contribution in [-0.4, -0.2) is 78.1 Å². The van der Waals surface area contributed by atoms with Crippen LogP contribution in [0, 0.1) is 13.8 Å². The summed E-state index contributed by atoms with van der Waals surface area (Å²) in [5.74, 6) is 0.772. The average molecular weight is 618 g/mol. The van der Waals surface area contributed by atoms with Gasteiger partial charge in [0.25, 0.3) is 0 Å². The Morgan fingerprint density at radius 2 is 1.89 bits per heavy atom. The van der Waals surface area contributed by atoms with Gasteiger partial charge in [0.2, 0.25) is 17.7 Å². The second-order valence-electron chi connectivity index (χ2n) is 11.3. The molecule has 0 saturated heterocycles. The molecule has 238 valence electrons. The smallest absolute Gasteiger partial charge is 0.239 e. The normalized spacial score (nSPS) is 17.2. The standard InChI is InChI=1S/C33H39N5O7/c1-20-33(22(3)39)21(2)38(36-20)13-10-32(42)37-12-5-14-45-29-16-23(6-9-28(29)43-4)26-18-30(40)35-27-17-24(7-8-25(26)27)44-15-11-34-31(41)19-37/h6-9,16-17,26H,5,10-15,18-19H2,1-4H3,(H,34,41)(H,35,40). The lowest BCUT2D eigenvalue weighted by molar-refractivity contribution is -0.136. The molecule has 1 aromatic heterocycles. The molecule has 45 heavy (non-hydrogen) atoms. The first-order valence-electron chi connectivity index (χ1n) is 15.1. The first kappa shape index (κ1) is 31.6. The fraction of sp³-hybridized carbons (Fsp3) is 0.424. The van der Waals surface area contributed by atoms with Crippen LogP contribution in [0.3, 0.4) is 0 Å². The molecule has 2 aromatic carbocycles. The molecule has 6 bridgehead atoms. The van der Waals surface area contributed by atoms with E-state index in [-0.39, 0.29) is 81.7 Å². The molecule has 12 nitrogen and oxygen atoms in total. The summed E-state index contributed by atoms with van der Waals surface area (Å²) in [6, 6.07) is 11.2. The maximum Gasteiger partial charge on any atom is 0.239 e. The van der Waals surface area contributed by atoms with Crippen molar-refractivity contribution in [1.29, 1.82) is 0 Å². The van der Waals surface area contributed by atoms with Gasteiger partial charge in [0.15, 0.2) is 17.3 Å². The number of benzene rings is 2. The molecule has 0 fully saturated rings. The minimum atomic E-state index is -0.314. The number of nitrogens with zero attached hydrogens (tertiary/aromatic N) is 3. The Bertz CT molecular complexity index is 1610. The van der Waals surface area contributed by atoms with Gasteiger partial charge in [-0.25, -0.2) is 0 Å². The molecule has 3 aromatic rings. The van der Waals surface area contributed by atoms with Gasteiger partial charge >= 0.3 is 0 Å². The number of rotatable bonds is 5. The van der Waals surface area contributed by atoms with Gasteiger partial charge in [0, 0.05) is 49.3 Å². The van der Waals surface area contributed by atoms with E-state index in [1.807, 2.05) is 37.3 Å². The number of carbonyl (C=O) groups is 4. The fourth-order valence-corrected chi connectivity index (χ4v) is 5.96. The van der Waals surface area contributed by atoms with Crippen LogP contribution in [-0.2, 0) is 20.9 Å². The summed E-state index contributed by atoms with van der Waals surface area (Å²) in [7, 11) is 1.56. The lowest BCUT2D eigenvalue weighted by atomic mass is 9.84. The van der Waals surface area contributed by atoms with E-state index in [0.717, 1.165) is 11.1 Å². The van der Waals surface area contributed by atoms with Crippen molar-refractivity contribution in [3.8, 4) is 17.2 Å². The van der Waals surface area contributed by atoms with Gasteiger partial charge in [-0.05, 0) is 56.5 Å². The van der Waals surface area contributed by atoms with Crippen LogP contribution in [0.1, 0.15) is 65.0 Å². The lowest BCUT2D eigenvalue weighted by Gasteiger charge is -2.27. The van der Waals surface area contributed by atoms with Crippen molar-refractivity contribution in [2.24, 2.45) is 0 Å². The zero-order valence-electron chi connectivity index (χ0n) is 26.1. The second kappa shape index (κ2) is 13.8. The molecule has 1 unspecified atom stereocenters. The van der Waals surface area contributed by atoms with E-state index >= 15 is 0 Å². The molecule has 6 rings (SSSR count). The SMILES string of the molecule is COc1ccc2cc1OCCCN(C(=O)CCn1nc(C)c(C(C)=O)c1C)CC(=O)NCCOc1ccc3c(c1)NC(=O)CC23. The monoisotopic (exact) mass is 617 g/mol. The van der Waals surface area contributed by atoms with Crippen molar-refractivity contribution in [3.63, 3.8) is 0 Å². The quantitative estimate of drug-likeness (QED) is 0.328. The van der Waals surface area contributed by atoms with E-state index in [0.29, 0.717) is 46.3 Å². The van der Waals surface area contributed by atoms with Gasteiger partial charge in [-0.3, -0.25) is 23.9 Å². The summed E-state index contributed by atoms with van der Waals surface area (Å²) in [5.41, 5.74) is 4.47. The van der Waals surface area contributed by atoms with Crippen LogP contribution in [0.15, 0.2) is 36.4 Å². The highest BCUT2D eigenvalue weighted by Gasteiger charge is 2.28. The molecule has 2 N–H and O–H groups in total. The molecular weight excluding hydrogens is 578 g/mol. The maximum absolute atomic E-state index is 13.4. The first-order valence-corrected chi connectivity index (χ1v) is 15.1. The van der Waals surface area contributed by atoms with Crippen molar-refractivity contribution < 1.29 is 33.4 Å². The molecule has 3 aliphatic heterocycles. The van der Waals surface area contributed by atoms with Crippen molar-refractivity contribution in [3.05, 3.63) is 64.5 Å². The van der Waals surface area contributed by atoms with E-state index < -0.39 is 0 Å². The Morgan fingerprint density at radius 1 is 1.07 bits per heavy atom. The third kappa shape index (κ3) is 7.27. The van der Waals surface area contributed by atoms with Crippen LogP contribution < -0.4 is 24.8 Å². The Morgan fingerprint density at radius 3 is 2.64 bits per heavy atom. The number of carbonyl (C=O) groups excluding carboxylic acids is 4. The molecule has 0 spiro atoms. The number of aryl methyl sites for hydroxylation is 2. The van der Waals surface area contributed by atoms with Crippen molar-refractivity contribution >= 4 is 29.2 Å². The molecule has 0 aliphatic carbocycles. The number of nitrogens with one attached hydrogen (secondary N) is 2. The summed E-state index contributed by atoms with van der Waals surface area (Å²) in [6.45, 7) is 6.24. The highest BCUT2D eigenvalue weighted by molar-refractivity contribution is 5.96. The summed E-state index contributed by atoms with van der Waals surface area (Å²) < 4.78 is 19.2. The van der Waals surface area contributed by atoms with Crippen molar-refractivity contribution in [2.45, 2.75) is 52.5 Å². The van der Waals surface area contributed by atoms with Crippen molar-refractivity contribution in [1.82, 2.24) is 20.0 Å². The zero-order chi connectivity index (χ0) is 32.1. The summed E-state index contributed by atoms with van der Waals surface area (Å²) >= 11 is 0. The average Bonchev–Trinajstić information content (AvgIpc) is 3.30. The highest BCUT2D eigenvalue weighted by atomic mass is 16.5. The van der Waals surface area contributed by atoms with E-state index in [1.165, 1.54) is 11.8 Å². The molecule has 3 aliphatic rings. The molecule has 3 amide bonds. The Balaban J connectivity index is 1.35. The number of hydrogen-bond acceptors (Lipinski definition) is 8. The molecule has 0 saturated carbocycles. The minimum absolute atomic E-state index is 0.0700. The van der Waals surface area contributed by atoms with Gasteiger partial charge in [0.1, 0.15) is 12.4 Å². The van der Waals surface area contributed by atoms with E-state index in [1.54, 1.807) is 24.8 Å². The van der Waals surface area contributed by atoms with E-state index in [4.69, 9.17) is 14.2 Å². The lowest BCUT2D eigenvalue weighted by Crippen LogP contribution is -2.42. The molecule has 0 radical (unpaired) electrons. The van der Waals surface area contributed by atoms with Gasteiger partial charge in [0.05, 0.1) is 38.1 Å². The Labute approximate surface area is 262 Å². The third-order valence-electron chi connectivity index (χ3n) is 8.13. The fourth-order valence-electron chi connectivity index (χ4n) is 5.96. The van der Waals surface area contributed by atoms with Crippen LogP contribution in [0.4, 0.5) is 5.69 Å². The van der Waals surface area contributed by atoms with Crippen LogP contribution in [0.5, 0.6) is 17.2 Å². The first-order chi connectivity index (χ1) is 21.6. The Kier molecular flexibility index (Phi) is 9.70. The number of methoxy groups -OCH3 is 1. The number of ketones is 1. The van der Waals surface area contributed by atoms with E-state index in [2.05, 4.69) is 15.7 Å². The van der Waals surface area contributed by atoms with Crippen LogP contribution in [0.2, 0.25) is 0 Å². The van der Waals surface area contributed by atoms with Crippen LogP contribution >= 0.6 is 0 Å². The Hall–Kier alpha value is -4.87. The largest absolute Gasteiger partial charge is 0.493 e. The predicted molar refractivity (Wildman–Crippen MR) is 166 cm³/mol. The number of ether oxygens (including phenoxy) is 3. The number of aromatic nitrogens is 2. The highest BCUT2D eigenvalue weighted by Crippen LogP contribution is 2.41.